The van der Waals surface area contributed by atoms with Gasteiger partial charge in [0.2, 0.25) is 5.95 Å². The molecule has 0 aliphatic carbocycles. The molecule has 11 nitrogen and oxygen atoms in total. The van der Waals surface area contributed by atoms with E-state index in [1.807, 2.05) is 18.2 Å². The second-order valence-electron chi connectivity index (χ2n) is 9.44. The zero-order valence-electron chi connectivity index (χ0n) is 21.5. The van der Waals surface area contributed by atoms with E-state index in [-0.39, 0.29) is 16.9 Å². The molecule has 0 spiro atoms. The van der Waals surface area contributed by atoms with Crippen molar-refractivity contribution in [3.05, 3.63) is 48.8 Å². The van der Waals surface area contributed by atoms with Crippen LogP contribution in [0.15, 0.2) is 53.7 Å². The van der Waals surface area contributed by atoms with Gasteiger partial charge in [-0.2, -0.15) is 9.97 Å². The van der Waals surface area contributed by atoms with Crippen LogP contribution in [0, 0.1) is 0 Å². The molecule has 4 N–H and O–H groups in total. The van der Waals surface area contributed by atoms with Gasteiger partial charge in [-0.15, -0.1) is 0 Å². The fourth-order valence-corrected chi connectivity index (χ4v) is 5.63. The smallest absolute Gasteiger partial charge is 0.231 e. The highest BCUT2D eigenvalue weighted by Gasteiger charge is 2.24. The second kappa shape index (κ2) is 10.5. The number of rotatable bonds is 8. The molecule has 5 rings (SSSR count). The Hall–Kier alpha value is -3.90. The van der Waals surface area contributed by atoms with Crippen molar-refractivity contribution >= 4 is 49.8 Å². The number of hydrogen-bond acceptors (Lipinski definition) is 10. The van der Waals surface area contributed by atoms with Gasteiger partial charge in [0.1, 0.15) is 11.3 Å². The summed E-state index contributed by atoms with van der Waals surface area (Å²) in [6.45, 7) is 4.82. The molecule has 0 unspecified atom stereocenters. The van der Waals surface area contributed by atoms with Gasteiger partial charge in [-0.05, 0) is 51.0 Å². The van der Waals surface area contributed by atoms with Crippen LogP contribution in [-0.4, -0.2) is 65.0 Å². The molecule has 200 valence electrons. The molecule has 1 fully saturated rings. The molecule has 0 radical (unpaired) electrons. The fourth-order valence-electron chi connectivity index (χ4n) is 4.43. The molecular weight excluding hydrogens is 506 g/mol. The van der Waals surface area contributed by atoms with E-state index >= 15 is 0 Å². The largest absolute Gasteiger partial charge is 0.495 e. The third kappa shape index (κ3) is 5.09. The number of imidazole rings is 1. The number of fused-ring (bicyclic) bond motifs is 1. The topological polar surface area (TPSA) is 145 Å². The number of aromatic nitrogens is 4. The van der Waals surface area contributed by atoms with Crippen molar-refractivity contribution in [3.8, 4) is 5.75 Å². The molecule has 4 aromatic rings. The first-order valence-electron chi connectivity index (χ1n) is 12.5. The van der Waals surface area contributed by atoms with Crippen molar-refractivity contribution in [2.45, 2.75) is 42.9 Å². The molecule has 38 heavy (non-hydrogen) atoms. The lowest BCUT2D eigenvalue weighted by Gasteiger charge is -2.32. The number of nitrogens with one attached hydrogen (secondary N) is 3. The summed E-state index contributed by atoms with van der Waals surface area (Å²) in [5.74, 6) is 1.36. The Morgan fingerprint density at radius 2 is 1.87 bits per heavy atom. The van der Waals surface area contributed by atoms with Crippen LogP contribution in [0.4, 0.5) is 28.8 Å². The minimum Gasteiger partial charge on any atom is -0.495 e. The van der Waals surface area contributed by atoms with Crippen LogP contribution < -0.4 is 20.3 Å². The SMILES string of the molecule is COc1cc(Nc2nc(Nc3ccccc3S(=O)(=O)C(C)C)c3[nH]cnc3n2)ccc1N1CCC(O)CC1. The Bertz CT molecular complexity index is 1550. The Labute approximate surface area is 221 Å². The number of ether oxygens (including phenoxy) is 1. The first-order chi connectivity index (χ1) is 18.3. The number of anilines is 5. The van der Waals surface area contributed by atoms with Gasteiger partial charge in [0.05, 0.1) is 41.1 Å². The highest BCUT2D eigenvalue weighted by atomic mass is 32.2. The summed E-state index contributed by atoms with van der Waals surface area (Å²) in [6.07, 6.45) is 2.70. The number of nitrogens with zero attached hydrogens (tertiary/aromatic N) is 4. The summed E-state index contributed by atoms with van der Waals surface area (Å²) in [5.41, 5.74) is 3.06. The number of hydrogen-bond donors (Lipinski definition) is 4. The maximum absolute atomic E-state index is 13.0. The first kappa shape index (κ1) is 25.7. The monoisotopic (exact) mass is 537 g/mol. The molecule has 2 aromatic heterocycles. The Morgan fingerprint density at radius 1 is 1.11 bits per heavy atom. The maximum Gasteiger partial charge on any atom is 0.231 e. The van der Waals surface area contributed by atoms with Gasteiger partial charge in [-0.1, -0.05) is 12.1 Å². The first-order valence-corrected chi connectivity index (χ1v) is 14.0. The molecule has 0 amide bonds. The predicted octanol–water partition coefficient (Wildman–Crippen LogP) is 3.99. The van der Waals surface area contributed by atoms with Crippen LogP contribution in [0.3, 0.4) is 0 Å². The summed E-state index contributed by atoms with van der Waals surface area (Å²) in [5, 5.41) is 15.7. The predicted molar refractivity (Wildman–Crippen MR) is 147 cm³/mol. The number of aliphatic hydroxyl groups is 1. The average molecular weight is 538 g/mol. The minimum absolute atomic E-state index is 0.196. The van der Waals surface area contributed by atoms with Crippen molar-refractivity contribution in [2.24, 2.45) is 0 Å². The normalized spacial score (nSPS) is 14.7. The quantitative estimate of drug-likeness (QED) is 0.260. The summed E-state index contributed by atoms with van der Waals surface area (Å²) < 4.78 is 31.6. The van der Waals surface area contributed by atoms with Gasteiger partial charge in [0.15, 0.2) is 21.3 Å². The maximum atomic E-state index is 13.0. The van der Waals surface area contributed by atoms with Gasteiger partial charge >= 0.3 is 0 Å². The number of aliphatic hydroxyl groups excluding tert-OH is 1. The van der Waals surface area contributed by atoms with Crippen LogP contribution in [0.25, 0.3) is 11.2 Å². The Morgan fingerprint density at radius 3 is 2.61 bits per heavy atom. The number of benzene rings is 2. The minimum atomic E-state index is -3.53. The molecule has 1 aliphatic rings. The lowest BCUT2D eigenvalue weighted by atomic mass is 10.1. The number of piperidine rings is 1. The zero-order valence-corrected chi connectivity index (χ0v) is 22.3. The summed E-state index contributed by atoms with van der Waals surface area (Å²) in [6, 6.07) is 12.5. The highest BCUT2D eigenvalue weighted by Crippen LogP contribution is 2.35. The zero-order chi connectivity index (χ0) is 26.9. The molecule has 1 saturated heterocycles. The molecule has 0 atom stereocenters. The molecule has 3 heterocycles. The molecule has 0 bridgehead atoms. The summed E-state index contributed by atoms with van der Waals surface area (Å²) >= 11 is 0. The van der Waals surface area contributed by atoms with E-state index in [0.29, 0.717) is 34.1 Å². The van der Waals surface area contributed by atoms with Crippen LogP contribution in [0.1, 0.15) is 26.7 Å². The van der Waals surface area contributed by atoms with E-state index in [0.717, 1.165) is 31.6 Å². The van der Waals surface area contributed by atoms with Crippen LogP contribution in [0.5, 0.6) is 5.75 Å². The van der Waals surface area contributed by atoms with Crippen molar-refractivity contribution in [3.63, 3.8) is 0 Å². The number of aromatic amines is 1. The molecule has 1 aliphatic heterocycles. The average Bonchev–Trinajstić information content (AvgIpc) is 3.38. The number of sulfone groups is 1. The number of H-pyrrole nitrogens is 1. The van der Waals surface area contributed by atoms with Gasteiger partial charge in [-0.3, -0.25) is 0 Å². The Balaban J connectivity index is 1.46. The standard InChI is InChI=1S/C26H31N7O4S/c1-16(2)38(35,36)22-7-5-4-6-19(22)30-25-23-24(28-15-27-23)31-26(32-25)29-17-8-9-20(21(14-17)37-3)33-12-10-18(34)11-13-33/h4-9,14-16,18,34H,10-13H2,1-3H3,(H3,27,28,29,30,31,32). The number of para-hydroxylation sites is 1. The van der Waals surface area contributed by atoms with Crippen LogP contribution in [-0.2, 0) is 9.84 Å². The van der Waals surface area contributed by atoms with Gasteiger partial charge in [0, 0.05) is 24.8 Å². The van der Waals surface area contributed by atoms with E-state index in [1.54, 1.807) is 45.2 Å². The van der Waals surface area contributed by atoms with Gasteiger partial charge in [-0.25, -0.2) is 13.4 Å². The van der Waals surface area contributed by atoms with E-state index in [1.165, 1.54) is 6.33 Å². The second-order valence-corrected chi connectivity index (χ2v) is 11.9. The third-order valence-electron chi connectivity index (χ3n) is 6.59. The Kier molecular flexibility index (Phi) is 7.09. The van der Waals surface area contributed by atoms with E-state index in [9.17, 15) is 13.5 Å². The van der Waals surface area contributed by atoms with E-state index in [4.69, 9.17) is 4.74 Å². The van der Waals surface area contributed by atoms with Crippen molar-refractivity contribution in [2.75, 3.05) is 35.7 Å². The fraction of sp³-hybridized carbons (Fsp3) is 0.346. The lowest BCUT2D eigenvalue weighted by molar-refractivity contribution is 0.145. The molecule has 12 heteroatoms. The highest BCUT2D eigenvalue weighted by molar-refractivity contribution is 7.92. The van der Waals surface area contributed by atoms with Crippen LogP contribution >= 0.6 is 0 Å². The lowest BCUT2D eigenvalue weighted by Crippen LogP contribution is -2.35. The molecule has 0 saturated carbocycles. The molecule has 2 aromatic carbocycles. The van der Waals surface area contributed by atoms with E-state index < -0.39 is 15.1 Å². The van der Waals surface area contributed by atoms with Gasteiger partial charge < -0.3 is 30.4 Å². The van der Waals surface area contributed by atoms with Gasteiger partial charge in [0.25, 0.3) is 0 Å². The number of methoxy groups -OCH3 is 1. The van der Waals surface area contributed by atoms with Crippen molar-refractivity contribution in [1.29, 1.82) is 0 Å². The van der Waals surface area contributed by atoms with Crippen molar-refractivity contribution < 1.29 is 18.3 Å². The third-order valence-corrected chi connectivity index (χ3v) is 8.80. The van der Waals surface area contributed by atoms with Crippen molar-refractivity contribution in [1.82, 2.24) is 19.9 Å². The summed E-state index contributed by atoms with van der Waals surface area (Å²) in [4.78, 5) is 18.8. The van der Waals surface area contributed by atoms with Crippen LogP contribution in [0.2, 0.25) is 0 Å². The summed E-state index contributed by atoms with van der Waals surface area (Å²) in [7, 11) is -1.91. The van der Waals surface area contributed by atoms with E-state index in [2.05, 4.69) is 35.5 Å². The molecular formula is C26H31N7O4S.